The maximum Gasteiger partial charge on any atom is 0.161 e. The van der Waals surface area contributed by atoms with Crippen LogP contribution in [-0.4, -0.2) is 28.7 Å². The van der Waals surface area contributed by atoms with Gasteiger partial charge in [-0.3, -0.25) is 0 Å². The molecule has 1 N–H and O–H groups in total. The molecule has 5 nitrogen and oxygen atoms in total. The van der Waals surface area contributed by atoms with Gasteiger partial charge in [0.1, 0.15) is 5.65 Å². The maximum atomic E-state index is 10.5. The van der Waals surface area contributed by atoms with Crippen LogP contribution in [0.1, 0.15) is 25.1 Å². The van der Waals surface area contributed by atoms with E-state index < -0.39 is 6.10 Å². The third-order valence-corrected chi connectivity index (χ3v) is 3.93. The molecule has 0 radical (unpaired) electrons. The van der Waals surface area contributed by atoms with Gasteiger partial charge in [-0.2, -0.15) is 0 Å². The molecule has 3 rings (SSSR count). The van der Waals surface area contributed by atoms with E-state index in [1.807, 2.05) is 53.9 Å². The van der Waals surface area contributed by atoms with Gasteiger partial charge in [0.15, 0.2) is 11.5 Å². The van der Waals surface area contributed by atoms with Crippen molar-refractivity contribution in [2.45, 2.75) is 19.4 Å². The summed E-state index contributed by atoms with van der Waals surface area (Å²) in [5.74, 6) is 1.30. The normalized spacial score (nSPS) is 12.3. The lowest BCUT2D eigenvalue weighted by molar-refractivity contribution is 0.168. The van der Waals surface area contributed by atoms with Gasteiger partial charge >= 0.3 is 0 Å². The van der Waals surface area contributed by atoms with Crippen LogP contribution in [-0.2, 0) is 0 Å². The van der Waals surface area contributed by atoms with E-state index in [0.29, 0.717) is 17.9 Å². The van der Waals surface area contributed by atoms with E-state index in [0.717, 1.165) is 22.6 Å². The second kappa shape index (κ2) is 6.30. The van der Waals surface area contributed by atoms with Crippen molar-refractivity contribution in [3.05, 3.63) is 48.3 Å². The largest absolute Gasteiger partial charge is 0.493 e. The predicted molar refractivity (Wildman–Crippen MR) is 89.0 cm³/mol. The second-order valence-electron chi connectivity index (χ2n) is 5.27. The number of rotatable bonds is 5. The summed E-state index contributed by atoms with van der Waals surface area (Å²) in [5.41, 5.74) is 3.23. The molecule has 1 atom stereocenters. The summed E-state index contributed by atoms with van der Waals surface area (Å²) in [5, 5.41) is 10.5. The minimum absolute atomic E-state index is 0.588. The van der Waals surface area contributed by atoms with Crippen LogP contribution in [0, 0.1) is 0 Å². The maximum absolute atomic E-state index is 10.5. The Balaban J connectivity index is 2.23. The highest BCUT2D eigenvalue weighted by molar-refractivity contribution is 5.70. The fourth-order valence-electron chi connectivity index (χ4n) is 2.72. The molecule has 0 amide bonds. The molecular weight excluding hydrogens is 292 g/mol. The van der Waals surface area contributed by atoms with E-state index in [1.54, 1.807) is 14.2 Å². The van der Waals surface area contributed by atoms with Crippen molar-refractivity contribution in [1.29, 1.82) is 0 Å². The van der Waals surface area contributed by atoms with Crippen LogP contribution >= 0.6 is 0 Å². The van der Waals surface area contributed by atoms with E-state index in [1.165, 1.54) is 0 Å². The first kappa shape index (κ1) is 15.4. The Morgan fingerprint density at radius 1 is 1.13 bits per heavy atom. The molecule has 2 heterocycles. The third kappa shape index (κ3) is 2.64. The predicted octanol–water partition coefficient (Wildman–Crippen LogP) is 3.46. The van der Waals surface area contributed by atoms with Crippen molar-refractivity contribution in [2.75, 3.05) is 14.2 Å². The lowest BCUT2D eigenvalue weighted by Crippen LogP contribution is -2.02. The van der Waals surface area contributed by atoms with E-state index in [9.17, 15) is 5.11 Å². The number of aliphatic hydroxyl groups excluding tert-OH is 1. The Kier molecular flexibility index (Phi) is 4.21. The van der Waals surface area contributed by atoms with Gasteiger partial charge in [0.25, 0.3) is 0 Å². The Morgan fingerprint density at radius 3 is 2.61 bits per heavy atom. The molecule has 120 valence electrons. The highest BCUT2D eigenvalue weighted by Crippen LogP contribution is 2.35. The van der Waals surface area contributed by atoms with Crippen molar-refractivity contribution in [3.8, 4) is 22.8 Å². The standard InChI is InChI=1S/C18H20N2O3/c1-4-13(21)18-17(19-16-7-5-6-10-20(16)18)12-8-9-14(22-2)15(11-12)23-3/h5-11,13,21H,4H2,1-3H3. The van der Waals surface area contributed by atoms with E-state index in [-0.39, 0.29) is 0 Å². The van der Waals surface area contributed by atoms with Crippen LogP contribution < -0.4 is 9.47 Å². The molecule has 2 aromatic heterocycles. The van der Waals surface area contributed by atoms with E-state index >= 15 is 0 Å². The minimum atomic E-state index is -0.588. The summed E-state index contributed by atoms with van der Waals surface area (Å²) in [6.07, 6.45) is 1.94. The molecule has 23 heavy (non-hydrogen) atoms. The zero-order valence-electron chi connectivity index (χ0n) is 13.5. The van der Waals surface area contributed by atoms with E-state index in [4.69, 9.17) is 9.47 Å². The summed E-state index contributed by atoms with van der Waals surface area (Å²) < 4.78 is 12.6. The Morgan fingerprint density at radius 2 is 1.91 bits per heavy atom. The molecule has 0 saturated heterocycles. The number of hydrogen-bond donors (Lipinski definition) is 1. The average molecular weight is 312 g/mol. The van der Waals surface area contributed by atoms with Crippen molar-refractivity contribution in [3.63, 3.8) is 0 Å². The highest BCUT2D eigenvalue weighted by Gasteiger charge is 2.20. The summed E-state index contributed by atoms with van der Waals surface area (Å²) in [6, 6.07) is 11.4. The van der Waals surface area contributed by atoms with Crippen LogP contribution in [0.15, 0.2) is 42.6 Å². The molecule has 3 aromatic rings. The van der Waals surface area contributed by atoms with Gasteiger partial charge in [0.05, 0.1) is 31.7 Å². The van der Waals surface area contributed by atoms with Crippen LogP contribution in [0.25, 0.3) is 16.9 Å². The summed E-state index contributed by atoms with van der Waals surface area (Å²) in [6.45, 7) is 1.95. The van der Waals surface area contributed by atoms with E-state index in [2.05, 4.69) is 4.98 Å². The molecular formula is C18H20N2O3. The van der Waals surface area contributed by atoms with Gasteiger partial charge in [0.2, 0.25) is 0 Å². The Bertz CT molecular complexity index is 826. The number of methoxy groups -OCH3 is 2. The Hall–Kier alpha value is -2.53. The zero-order valence-corrected chi connectivity index (χ0v) is 13.5. The highest BCUT2D eigenvalue weighted by atomic mass is 16.5. The monoisotopic (exact) mass is 312 g/mol. The molecule has 0 fully saturated rings. The Labute approximate surface area is 135 Å². The van der Waals surface area contributed by atoms with Crippen LogP contribution in [0.5, 0.6) is 11.5 Å². The van der Waals surface area contributed by atoms with Crippen molar-refractivity contribution < 1.29 is 14.6 Å². The number of nitrogens with zero attached hydrogens (tertiary/aromatic N) is 2. The van der Waals surface area contributed by atoms with Gasteiger partial charge in [-0.05, 0) is 36.8 Å². The third-order valence-electron chi connectivity index (χ3n) is 3.93. The summed E-state index contributed by atoms with van der Waals surface area (Å²) in [4.78, 5) is 4.69. The van der Waals surface area contributed by atoms with Gasteiger partial charge in [0, 0.05) is 11.8 Å². The number of pyridine rings is 1. The van der Waals surface area contributed by atoms with Gasteiger partial charge in [-0.1, -0.05) is 13.0 Å². The molecule has 0 aliphatic rings. The van der Waals surface area contributed by atoms with Crippen molar-refractivity contribution in [2.24, 2.45) is 0 Å². The topological polar surface area (TPSA) is 56.0 Å². The van der Waals surface area contributed by atoms with Crippen LogP contribution in [0.3, 0.4) is 0 Å². The van der Waals surface area contributed by atoms with Crippen molar-refractivity contribution >= 4 is 5.65 Å². The first-order valence-corrected chi connectivity index (χ1v) is 7.57. The lowest BCUT2D eigenvalue weighted by atomic mass is 10.1. The van der Waals surface area contributed by atoms with Gasteiger partial charge < -0.3 is 19.0 Å². The smallest absolute Gasteiger partial charge is 0.161 e. The number of benzene rings is 1. The first-order chi connectivity index (χ1) is 11.2. The zero-order chi connectivity index (χ0) is 16.4. The number of hydrogen-bond acceptors (Lipinski definition) is 4. The van der Waals surface area contributed by atoms with Crippen LogP contribution in [0.4, 0.5) is 0 Å². The number of fused-ring (bicyclic) bond motifs is 1. The quantitative estimate of drug-likeness (QED) is 0.784. The SMILES string of the molecule is CCC(O)c1c(-c2ccc(OC)c(OC)c2)nc2ccccn12. The molecule has 0 spiro atoms. The summed E-state index contributed by atoms with van der Waals surface area (Å²) in [7, 11) is 3.21. The van der Waals surface area contributed by atoms with Crippen molar-refractivity contribution in [1.82, 2.24) is 9.38 Å². The lowest BCUT2D eigenvalue weighted by Gasteiger charge is -2.12. The average Bonchev–Trinajstić information content (AvgIpc) is 2.99. The fraction of sp³-hybridized carbons (Fsp3) is 0.278. The minimum Gasteiger partial charge on any atom is -0.493 e. The van der Waals surface area contributed by atoms with Gasteiger partial charge in [-0.15, -0.1) is 0 Å². The molecule has 5 heteroatoms. The number of aliphatic hydroxyl groups is 1. The number of aromatic nitrogens is 2. The molecule has 0 saturated carbocycles. The van der Waals surface area contributed by atoms with Crippen LogP contribution in [0.2, 0.25) is 0 Å². The summed E-state index contributed by atoms with van der Waals surface area (Å²) >= 11 is 0. The fourth-order valence-corrected chi connectivity index (χ4v) is 2.72. The second-order valence-corrected chi connectivity index (χ2v) is 5.27. The molecule has 0 aliphatic carbocycles. The molecule has 0 bridgehead atoms. The molecule has 0 aliphatic heterocycles. The number of ether oxygens (including phenoxy) is 2. The molecule has 1 unspecified atom stereocenters. The molecule has 1 aromatic carbocycles. The number of imidazole rings is 1. The van der Waals surface area contributed by atoms with Gasteiger partial charge in [-0.25, -0.2) is 4.98 Å². The first-order valence-electron chi connectivity index (χ1n) is 7.57.